The summed E-state index contributed by atoms with van der Waals surface area (Å²) < 4.78 is 0. The maximum atomic E-state index is 10.1. The molecule has 112 valence electrons. The number of aromatic hydroxyl groups is 2. The van der Waals surface area contributed by atoms with Crippen molar-refractivity contribution in [2.75, 3.05) is 0 Å². The SMILES string of the molecule is Cc1ccc(C(C)C)c(O)c1.O=[N+]([O-])c1ccccc1O. The van der Waals surface area contributed by atoms with Crippen LogP contribution in [0.4, 0.5) is 5.69 Å². The number of nitrogens with zero attached hydrogens (tertiary/aromatic N) is 1. The Labute approximate surface area is 123 Å². The normalized spacial score (nSPS) is 9.90. The molecule has 2 rings (SSSR count). The maximum Gasteiger partial charge on any atom is 0.310 e. The van der Waals surface area contributed by atoms with Crippen molar-refractivity contribution in [3.63, 3.8) is 0 Å². The summed E-state index contributed by atoms with van der Waals surface area (Å²) in [6.45, 7) is 6.12. The highest BCUT2D eigenvalue weighted by Crippen LogP contribution is 2.25. The van der Waals surface area contributed by atoms with E-state index in [1.54, 1.807) is 6.07 Å². The lowest BCUT2D eigenvalue weighted by Gasteiger charge is -2.07. The topological polar surface area (TPSA) is 83.6 Å². The van der Waals surface area contributed by atoms with E-state index >= 15 is 0 Å². The minimum absolute atomic E-state index is 0.262. The molecule has 0 atom stereocenters. The Bertz CT molecular complexity index is 623. The van der Waals surface area contributed by atoms with Crippen LogP contribution in [0.3, 0.4) is 0 Å². The molecule has 0 amide bonds. The van der Waals surface area contributed by atoms with Crippen LogP contribution in [0.25, 0.3) is 0 Å². The number of benzene rings is 2. The van der Waals surface area contributed by atoms with Crippen molar-refractivity contribution >= 4 is 5.69 Å². The summed E-state index contributed by atoms with van der Waals surface area (Å²) >= 11 is 0. The Morgan fingerprint density at radius 2 is 1.67 bits per heavy atom. The van der Waals surface area contributed by atoms with Crippen LogP contribution >= 0.6 is 0 Å². The third-order valence-electron chi connectivity index (χ3n) is 2.89. The van der Waals surface area contributed by atoms with Crippen molar-refractivity contribution in [1.82, 2.24) is 0 Å². The first-order chi connectivity index (χ1) is 9.82. The molecule has 0 fully saturated rings. The van der Waals surface area contributed by atoms with Gasteiger partial charge in [0, 0.05) is 6.07 Å². The highest BCUT2D eigenvalue weighted by Gasteiger charge is 2.09. The lowest BCUT2D eigenvalue weighted by atomic mass is 10.0. The molecule has 2 N–H and O–H groups in total. The first-order valence-corrected chi connectivity index (χ1v) is 6.54. The molecule has 0 bridgehead atoms. The molecule has 2 aromatic rings. The molecule has 0 saturated heterocycles. The molecular weight excluding hydrogens is 270 g/mol. The van der Waals surface area contributed by atoms with Gasteiger partial charge in [-0.15, -0.1) is 0 Å². The zero-order valence-corrected chi connectivity index (χ0v) is 12.3. The highest BCUT2D eigenvalue weighted by molar-refractivity contribution is 5.44. The van der Waals surface area contributed by atoms with Crippen LogP contribution in [-0.4, -0.2) is 15.1 Å². The second kappa shape index (κ2) is 7.28. The Morgan fingerprint density at radius 3 is 2.10 bits per heavy atom. The fraction of sp³-hybridized carbons (Fsp3) is 0.250. The number of phenolic OH excluding ortho intramolecular Hbond substituents is 2. The minimum Gasteiger partial charge on any atom is -0.508 e. The molecule has 0 aliphatic rings. The molecule has 0 aliphatic carbocycles. The van der Waals surface area contributed by atoms with Crippen molar-refractivity contribution in [3.05, 3.63) is 63.7 Å². The number of nitro groups is 1. The van der Waals surface area contributed by atoms with E-state index in [0.717, 1.165) is 11.1 Å². The predicted octanol–water partition coefficient (Wildman–Crippen LogP) is 4.12. The number of nitro benzene ring substituents is 1. The van der Waals surface area contributed by atoms with E-state index < -0.39 is 4.92 Å². The van der Waals surface area contributed by atoms with Gasteiger partial charge in [0.1, 0.15) is 5.75 Å². The van der Waals surface area contributed by atoms with Crippen LogP contribution in [0.2, 0.25) is 0 Å². The Hall–Kier alpha value is -2.56. The van der Waals surface area contributed by atoms with Gasteiger partial charge in [-0.05, 0) is 36.1 Å². The van der Waals surface area contributed by atoms with E-state index in [-0.39, 0.29) is 11.4 Å². The zero-order chi connectivity index (χ0) is 16.0. The van der Waals surface area contributed by atoms with Crippen LogP contribution in [0.5, 0.6) is 11.5 Å². The van der Waals surface area contributed by atoms with Crippen molar-refractivity contribution in [2.24, 2.45) is 0 Å². The van der Waals surface area contributed by atoms with E-state index in [9.17, 15) is 15.2 Å². The summed E-state index contributed by atoms with van der Waals surface area (Å²) in [7, 11) is 0. The quantitative estimate of drug-likeness (QED) is 0.643. The van der Waals surface area contributed by atoms with Crippen molar-refractivity contribution in [1.29, 1.82) is 0 Å². The third-order valence-corrected chi connectivity index (χ3v) is 2.89. The van der Waals surface area contributed by atoms with E-state index in [0.29, 0.717) is 11.7 Å². The van der Waals surface area contributed by atoms with E-state index in [2.05, 4.69) is 13.8 Å². The molecular formula is C16H19NO4. The van der Waals surface area contributed by atoms with Gasteiger partial charge >= 0.3 is 5.69 Å². The molecule has 5 heteroatoms. The Kier molecular flexibility index (Phi) is 5.72. The number of hydrogen-bond acceptors (Lipinski definition) is 4. The Balaban J connectivity index is 0.000000211. The smallest absolute Gasteiger partial charge is 0.310 e. The van der Waals surface area contributed by atoms with Gasteiger partial charge in [-0.3, -0.25) is 10.1 Å². The van der Waals surface area contributed by atoms with Gasteiger partial charge in [-0.25, -0.2) is 0 Å². The summed E-state index contributed by atoms with van der Waals surface area (Å²) in [6, 6.07) is 11.4. The van der Waals surface area contributed by atoms with Crippen LogP contribution in [-0.2, 0) is 0 Å². The zero-order valence-electron chi connectivity index (χ0n) is 12.3. The van der Waals surface area contributed by atoms with Crippen molar-refractivity contribution < 1.29 is 15.1 Å². The van der Waals surface area contributed by atoms with E-state index in [4.69, 9.17) is 5.11 Å². The molecule has 2 aromatic carbocycles. The van der Waals surface area contributed by atoms with Gasteiger partial charge in [0.2, 0.25) is 0 Å². The summed E-state index contributed by atoms with van der Waals surface area (Å²) in [4.78, 5) is 9.44. The minimum atomic E-state index is -0.630. The third kappa shape index (κ3) is 4.80. The summed E-state index contributed by atoms with van der Waals surface area (Å²) in [5, 5.41) is 28.4. The lowest BCUT2D eigenvalue weighted by molar-refractivity contribution is -0.385. The van der Waals surface area contributed by atoms with Gasteiger partial charge in [-0.1, -0.05) is 38.1 Å². The summed E-state index contributed by atoms with van der Waals surface area (Å²) in [5.41, 5.74) is 1.87. The average molecular weight is 289 g/mol. The fourth-order valence-corrected chi connectivity index (χ4v) is 1.76. The first-order valence-electron chi connectivity index (χ1n) is 6.54. The van der Waals surface area contributed by atoms with Crippen LogP contribution in [0, 0.1) is 17.0 Å². The molecule has 0 heterocycles. The fourth-order valence-electron chi connectivity index (χ4n) is 1.76. The van der Waals surface area contributed by atoms with Crippen LogP contribution in [0.15, 0.2) is 42.5 Å². The molecule has 0 saturated carbocycles. The molecule has 21 heavy (non-hydrogen) atoms. The maximum absolute atomic E-state index is 10.1. The van der Waals surface area contributed by atoms with Crippen LogP contribution in [0.1, 0.15) is 30.9 Å². The van der Waals surface area contributed by atoms with E-state index in [1.165, 1.54) is 24.3 Å². The molecule has 5 nitrogen and oxygen atoms in total. The largest absolute Gasteiger partial charge is 0.508 e. The molecule has 0 aliphatic heterocycles. The molecule has 0 aromatic heterocycles. The average Bonchev–Trinajstić information content (AvgIpc) is 2.39. The number of hydrogen-bond donors (Lipinski definition) is 2. The monoisotopic (exact) mass is 289 g/mol. The van der Waals surface area contributed by atoms with Gasteiger partial charge in [0.15, 0.2) is 5.75 Å². The number of para-hydroxylation sites is 2. The molecule has 0 radical (unpaired) electrons. The number of aryl methyl sites for hydroxylation is 1. The van der Waals surface area contributed by atoms with Gasteiger partial charge in [0.25, 0.3) is 0 Å². The van der Waals surface area contributed by atoms with Crippen LogP contribution < -0.4 is 0 Å². The van der Waals surface area contributed by atoms with Crippen molar-refractivity contribution in [3.8, 4) is 11.5 Å². The summed E-state index contributed by atoms with van der Waals surface area (Å²) in [5.74, 6) is 0.517. The van der Waals surface area contributed by atoms with E-state index in [1.807, 2.05) is 19.1 Å². The lowest BCUT2D eigenvalue weighted by Crippen LogP contribution is -1.87. The van der Waals surface area contributed by atoms with Gasteiger partial charge in [-0.2, -0.15) is 0 Å². The standard InChI is InChI=1S/C10H14O.C6H5NO3/c1-7(2)9-5-4-8(3)6-10(9)11;8-6-4-2-1-3-5(6)7(9)10/h4-7,11H,1-3H3;1-4,8H. The van der Waals surface area contributed by atoms with Gasteiger partial charge in [0.05, 0.1) is 4.92 Å². The second-order valence-electron chi connectivity index (χ2n) is 4.96. The summed E-state index contributed by atoms with van der Waals surface area (Å²) in [6.07, 6.45) is 0. The molecule has 0 spiro atoms. The van der Waals surface area contributed by atoms with Gasteiger partial charge < -0.3 is 10.2 Å². The second-order valence-corrected chi connectivity index (χ2v) is 4.96. The first kappa shape index (κ1) is 16.5. The number of rotatable bonds is 2. The predicted molar refractivity (Wildman–Crippen MR) is 81.7 cm³/mol. The number of phenols is 2. The Morgan fingerprint density at radius 1 is 1.05 bits per heavy atom. The van der Waals surface area contributed by atoms with Crippen molar-refractivity contribution in [2.45, 2.75) is 26.7 Å². The highest BCUT2D eigenvalue weighted by atomic mass is 16.6. The molecule has 0 unspecified atom stereocenters.